The Hall–Kier alpha value is -0.830. The summed E-state index contributed by atoms with van der Waals surface area (Å²) in [6.45, 7) is 0. The minimum Gasteiger partial charge on any atom is -0.480 e. The second kappa shape index (κ2) is 5.67. The molecule has 0 aromatic rings. The molecule has 0 saturated heterocycles. The van der Waals surface area contributed by atoms with Gasteiger partial charge in [0.05, 0.1) is 5.92 Å². The lowest BCUT2D eigenvalue weighted by molar-refractivity contribution is -0.272. The number of hydrogen-bond donors (Lipinski definition) is 3. The van der Waals surface area contributed by atoms with Crippen LogP contribution in [-0.2, 0) is 14.5 Å². The lowest BCUT2D eigenvalue weighted by Crippen LogP contribution is -2.59. The van der Waals surface area contributed by atoms with Gasteiger partial charge in [-0.15, -0.1) is 0 Å². The predicted molar refractivity (Wildman–Crippen MR) is 74.8 cm³/mol. The Labute approximate surface area is 127 Å². The van der Waals surface area contributed by atoms with E-state index >= 15 is 0 Å². The number of carboxylic acid groups (broad SMARTS) is 1. The van der Waals surface area contributed by atoms with E-state index in [1.807, 2.05) is 0 Å². The summed E-state index contributed by atoms with van der Waals surface area (Å²) >= 11 is 0. The molecule has 3 aliphatic carbocycles. The maximum atomic E-state index is 13.2. The van der Waals surface area contributed by atoms with Crippen molar-refractivity contribution in [2.75, 3.05) is 11.5 Å². The number of carbonyl (C=O) groups is 1. The van der Waals surface area contributed by atoms with Crippen LogP contribution in [0.4, 0.5) is 13.2 Å². The van der Waals surface area contributed by atoms with Crippen molar-refractivity contribution in [2.24, 2.45) is 23.0 Å². The molecule has 0 amide bonds. The second-order valence-electron chi connectivity index (χ2n) is 6.68. The van der Waals surface area contributed by atoms with Gasteiger partial charge in [0.2, 0.25) is 0 Å². The van der Waals surface area contributed by atoms with E-state index in [2.05, 4.69) is 0 Å². The highest BCUT2D eigenvalue weighted by Gasteiger charge is 2.66. The van der Waals surface area contributed by atoms with E-state index in [1.165, 1.54) is 0 Å². The summed E-state index contributed by atoms with van der Waals surface area (Å²) in [6.07, 6.45) is -3.07. The van der Waals surface area contributed by atoms with Crippen molar-refractivity contribution in [3.63, 3.8) is 0 Å². The van der Waals surface area contributed by atoms with Crippen LogP contribution in [-0.4, -0.2) is 39.0 Å². The summed E-state index contributed by atoms with van der Waals surface area (Å²) in [5.74, 6) is -2.98. The SMILES string of the molecule is N=S(=O)(CCC(C(F)(F)F)C12CC(C1)C2)CC[C@H](N)C(=O)O. The number of halogens is 3. The topological polar surface area (TPSA) is 104 Å². The number of carboxylic acids is 1. The van der Waals surface area contributed by atoms with Gasteiger partial charge in [-0.3, -0.25) is 9.57 Å². The molecule has 9 heteroatoms. The third kappa shape index (κ3) is 3.56. The Morgan fingerprint density at radius 3 is 2.18 bits per heavy atom. The van der Waals surface area contributed by atoms with Crippen molar-refractivity contribution in [2.45, 2.75) is 44.3 Å². The number of hydrogen-bond acceptors (Lipinski definition) is 4. The number of nitrogens with two attached hydrogens (primary N) is 1. The van der Waals surface area contributed by atoms with Crippen molar-refractivity contribution in [3.8, 4) is 0 Å². The van der Waals surface area contributed by atoms with Gasteiger partial charge in [0.25, 0.3) is 0 Å². The first-order valence-corrected chi connectivity index (χ1v) is 9.14. The molecule has 22 heavy (non-hydrogen) atoms. The van der Waals surface area contributed by atoms with Crippen molar-refractivity contribution < 1.29 is 27.3 Å². The molecule has 0 aliphatic heterocycles. The van der Waals surface area contributed by atoms with Crippen LogP contribution < -0.4 is 5.73 Å². The Bertz CT molecular complexity index is 530. The summed E-state index contributed by atoms with van der Waals surface area (Å²) in [4.78, 5) is 10.6. The molecule has 0 radical (unpaired) electrons. The molecule has 2 unspecified atom stereocenters. The fraction of sp³-hybridized carbons (Fsp3) is 0.923. The summed E-state index contributed by atoms with van der Waals surface area (Å²) < 4.78 is 59.3. The van der Waals surface area contributed by atoms with Crippen molar-refractivity contribution in [1.82, 2.24) is 0 Å². The number of aliphatic carboxylic acids is 1. The molecule has 3 fully saturated rings. The van der Waals surface area contributed by atoms with Crippen LogP contribution >= 0.6 is 0 Å². The second-order valence-corrected chi connectivity index (χ2v) is 9.12. The maximum absolute atomic E-state index is 13.2. The molecule has 5 nitrogen and oxygen atoms in total. The van der Waals surface area contributed by atoms with E-state index < -0.39 is 39.2 Å². The average Bonchev–Trinajstić information content (AvgIpc) is 2.25. The van der Waals surface area contributed by atoms with Gasteiger partial charge in [-0.1, -0.05) is 0 Å². The monoisotopic (exact) mass is 342 g/mol. The van der Waals surface area contributed by atoms with Crippen LogP contribution in [0, 0.1) is 22.0 Å². The van der Waals surface area contributed by atoms with Gasteiger partial charge in [-0.05, 0) is 43.4 Å². The van der Waals surface area contributed by atoms with Gasteiger partial charge in [0.1, 0.15) is 6.04 Å². The molecular formula is C13H21F3N2O3S. The van der Waals surface area contributed by atoms with E-state index in [1.54, 1.807) is 0 Å². The molecular weight excluding hydrogens is 321 g/mol. The minimum absolute atomic E-state index is 0.165. The van der Waals surface area contributed by atoms with E-state index in [-0.39, 0.29) is 24.3 Å². The summed E-state index contributed by atoms with van der Waals surface area (Å²) in [6, 6.07) is -1.23. The van der Waals surface area contributed by atoms with Crippen molar-refractivity contribution in [3.05, 3.63) is 0 Å². The molecule has 0 aromatic heterocycles. The van der Waals surface area contributed by atoms with Crippen LogP contribution in [0.3, 0.4) is 0 Å². The average molecular weight is 342 g/mol. The third-order valence-electron chi connectivity index (χ3n) is 5.03. The molecule has 2 bridgehead atoms. The van der Waals surface area contributed by atoms with Gasteiger partial charge in [-0.2, -0.15) is 13.2 Å². The van der Waals surface area contributed by atoms with Crippen LogP contribution in [0.5, 0.6) is 0 Å². The Morgan fingerprint density at radius 2 is 1.82 bits per heavy atom. The molecule has 3 atom stereocenters. The van der Waals surface area contributed by atoms with Crippen LogP contribution in [0.25, 0.3) is 0 Å². The summed E-state index contributed by atoms with van der Waals surface area (Å²) in [7, 11) is -3.24. The first-order chi connectivity index (χ1) is 9.95. The van der Waals surface area contributed by atoms with Crippen LogP contribution in [0.15, 0.2) is 0 Å². The molecule has 3 saturated carbocycles. The molecule has 0 spiro atoms. The fourth-order valence-electron chi connectivity index (χ4n) is 3.64. The van der Waals surface area contributed by atoms with Gasteiger partial charge < -0.3 is 10.8 Å². The van der Waals surface area contributed by atoms with E-state index in [0.29, 0.717) is 25.2 Å². The lowest BCUT2D eigenvalue weighted by Gasteiger charge is -2.65. The highest BCUT2D eigenvalue weighted by atomic mass is 32.2. The predicted octanol–water partition coefficient (Wildman–Crippen LogP) is 2.20. The molecule has 4 N–H and O–H groups in total. The number of rotatable bonds is 8. The smallest absolute Gasteiger partial charge is 0.392 e. The zero-order valence-electron chi connectivity index (χ0n) is 12.1. The molecule has 0 aromatic carbocycles. The first kappa shape index (κ1) is 17.5. The minimum atomic E-state index is -4.33. The summed E-state index contributed by atoms with van der Waals surface area (Å²) in [5.41, 5.74) is 4.58. The first-order valence-electron chi connectivity index (χ1n) is 7.24. The molecule has 3 rings (SSSR count). The van der Waals surface area contributed by atoms with Crippen molar-refractivity contribution >= 4 is 15.7 Å². The number of nitrogens with one attached hydrogen (secondary N) is 1. The molecule has 0 heterocycles. The van der Waals surface area contributed by atoms with Crippen LogP contribution in [0.2, 0.25) is 0 Å². The molecule has 128 valence electrons. The zero-order chi connectivity index (χ0) is 16.8. The lowest BCUT2D eigenvalue weighted by atomic mass is 9.40. The van der Waals surface area contributed by atoms with Gasteiger partial charge in [-0.25, -0.2) is 4.21 Å². The van der Waals surface area contributed by atoms with Gasteiger partial charge >= 0.3 is 12.1 Å². The van der Waals surface area contributed by atoms with E-state index in [0.717, 1.165) is 0 Å². The maximum Gasteiger partial charge on any atom is 0.392 e. The normalized spacial score (nSPS) is 32.3. The summed E-state index contributed by atoms with van der Waals surface area (Å²) in [5, 5.41) is 8.63. The van der Waals surface area contributed by atoms with E-state index in [9.17, 15) is 22.2 Å². The Morgan fingerprint density at radius 1 is 1.32 bits per heavy atom. The highest BCUT2D eigenvalue weighted by Crippen LogP contribution is 2.71. The number of alkyl halides is 3. The van der Waals surface area contributed by atoms with Gasteiger partial charge in [0.15, 0.2) is 0 Å². The van der Waals surface area contributed by atoms with E-state index in [4.69, 9.17) is 15.6 Å². The largest absolute Gasteiger partial charge is 0.480 e. The Kier molecular flexibility index (Phi) is 4.51. The van der Waals surface area contributed by atoms with Crippen molar-refractivity contribution in [1.29, 1.82) is 4.78 Å². The quantitative estimate of drug-likeness (QED) is 0.629. The third-order valence-corrected chi connectivity index (χ3v) is 6.82. The standard InChI is InChI=1S/C13H21F3N2O3S/c14-13(15,16)10(12-5-8(6-12)7-12)2-4-22(18,21)3-1-9(17)11(19)20/h8-10,18H,1-7,17H2,(H,19,20)/t8?,9-,10?,12?,22?/m0/s1. The molecule has 3 aliphatic rings. The van der Waals surface area contributed by atoms with Crippen LogP contribution in [0.1, 0.15) is 32.1 Å². The van der Waals surface area contributed by atoms with Gasteiger partial charge in [0, 0.05) is 21.2 Å². The fourth-order valence-corrected chi connectivity index (χ4v) is 5.10. The zero-order valence-corrected chi connectivity index (χ0v) is 12.9. The Balaban J connectivity index is 1.90. The highest BCUT2D eigenvalue weighted by molar-refractivity contribution is 7.92.